The molecule has 2 aromatic rings. The number of carbonyl (C=O) groups excluding carboxylic acids is 1. The molecule has 7 heteroatoms. The number of nitrogens with two attached hydrogens (primary N) is 1. The first-order valence-corrected chi connectivity index (χ1v) is 5.11. The van der Waals surface area contributed by atoms with Gasteiger partial charge in [0.05, 0.1) is 5.69 Å². The summed E-state index contributed by atoms with van der Waals surface area (Å²) in [5.41, 5.74) is 6.19. The van der Waals surface area contributed by atoms with E-state index in [0.29, 0.717) is 17.4 Å². The molecule has 0 aliphatic heterocycles. The second kappa shape index (κ2) is 4.28. The van der Waals surface area contributed by atoms with Gasteiger partial charge < -0.3 is 10.3 Å². The number of amides is 1. The van der Waals surface area contributed by atoms with E-state index in [1.807, 2.05) is 0 Å². The molecular formula is C10H13N5O2. The number of aryl methyl sites for hydroxylation is 1. The summed E-state index contributed by atoms with van der Waals surface area (Å²) in [6.45, 7) is 3.49. The zero-order valence-electron chi connectivity index (χ0n) is 9.54. The van der Waals surface area contributed by atoms with Crippen molar-refractivity contribution in [1.29, 1.82) is 0 Å². The molecule has 0 fully saturated rings. The number of aromatic nitrogens is 3. The third kappa shape index (κ3) is 2.44. The second-order valence-corrected chi connectivity index (χ2v) is 3.72. The Morgan fingerprint density at radius 2 is 2.41 bits per heavy atom. The minimum absolute atomic E-state index is 0.246. The summed E-state index contributed by atoms with van der Waals surface area (Å²) in [6.07, 6.45) is 1.64. The van der Waals surface area contributed by atoms with Crippen LogP contribution in [0.2, 0.25) is 0 Å². The predicted octanol–water partition coefficient (Wildman–Crippen LogP) is 0.961. The molecule has 0 aromatic carbocycles. The molecule has 1 unspecified atom stereocenters. The van der Waals surface area contributed by atoms with E-state index in [2.05, 4.69) is 15.6 Å². The minimum Gasteiger partial charge on any atom is -0.382 e. The van der Waals surface area contributed by atoms with Crippen molar-refractivity contribution in [1.82, 2.24) is 14.9 Å². The van der Waals surface area contributed by atoms with E-state index in [-0.39, 0.29) is 5.91 Å². The average Bonchev–Trinajstić information content (AvgIpc) is 2.87. The SMILES string of the molecule is Cc1cc(NC(=O)C(C)n2ccc(N)n2)on1. The molecule has 0 aliphatic carbocycles. The molecule has 1 amide bonds. The number of carbonyl (C=O) groups is 1. The first kappa shape index (κ1) is 11.2. The van der Waals surface area contributed by atoms with Crippen LogP contribution < -0.4 is 11.1 Å². The fourth-order valence-electron chi connectivity index (χ4n) is 1.34. The van der Waals surface area contributed by atoms with Gasteiger partial charge in [0.15, 0.2) is 0 Å². The maximum absolute atomic E-state index is 11.8. The molecule has 90 valence electrons. The Morgan fingerprint density at radius 3 is 2.94 bits per heavy atom. The molecule has 3 N–H and O–H groups in total. The van der Waals surface area contributed by atoms with Gasteiger partial charge in [0, 0.05) is 12.3 Å². The van der Waals surface area contributed by atoms with Crippen molar-refractivity contribution >= 4 is 17.6 Å². The van der Waals surface area contributed by atoms with Crippen molar-refractivity contribution in [3.8, 4) is 0 Å². The summed E-state index contributed by atoms with van der Waals surface area (Å²) in [4.78, 5) is 11.8. The highest BCUT2D eigenvalue weighted by molar-refractivity contribution is 5.92. The lowest BCUT2D eigenvalue weighted by Crippen LogP contribution is -2.23. The monoisotopic (exact) mass is 235 g/mol. The highest BCUT2D eigenvalue weighted by Crippen LogP contribution is 2.13. The Bertz CT molecular complexity index is 530. The summed E-state index contributed by atoms with van der Waals surface area (Å²) >= 11 is 0. The van der Waals surface area contributed by atoms with Crippen LogP contribution in [-0.4, -0.2) is 20.8 Å². The van der Waals surface area contributed by atoms with Gasteiger partial charge in [-0.1, -0.05) is 5.16 Å². The Hall–Kier alpha value is -2.31. The zero-order chi connectivity index (χ0) is 12.4. The van der Waals surface area contributed by atoms with Gasteiger partial charge in [-0.15, -0.1) is 0 Å². The first-order valence-electron chi connectivity index (χ1n) is 5.11. The van der Waals surface area contributed by atoms with Crippen LogP contribution in [-0.2, 0) is 4.79 Å². The topological polar surface area (TPSA) is 99.0 Å². The molecule has 0 spiro atoms. The lowest BCUT2D eigenvalue weighted by Gasteiger charge is -2.10. The van der Waals surface area contributed by atoms with Crippen molar-refractivity contribution in [2.24, 2.45) is 0 Å². The van der Waals surface area contributed by atoms with Crippen molar-refractivity contribution < 1.29 is 9.32 Å². The molecule has 1 atom stereocenters. The fourth-order valence-corrected chi connectivity index (χ4v) is 1.34. The quantitative estimate of drug-likeness (QED) is 0.825. The zero-order valence-corrected chi connectivity index (χ0v) is 9.54. The molecule has 2 rings (SSSR count). The summed E-state index contributed by atoms with van der Waals surface area (Å²) in [5.74, 6) is 0.448. The van der Waals surface area contributed by atoms with Crippen LogP contribution in [0.15, 0.2) is 22.9 Å². The lowest BCUT2D eigenvalue weighted by atomic mass is 10.3. The molecule has 0 saturated carbocycles. The average molecular weight is 235 g/mol. The van der Waals surface area contributed by atoms with Crippen molar-refractivity contribution in [3.63, 3.8) is 0 Å². The molecule has 0 radical (unpaired) electrons. The molecular weight excluding hydrogens is 222 g/mol. The standard InChI is InChI=1S/C10H13N5O2/c1-6-5-9(17-14-6)12-10(16)7(2)15-4-3-8(11)13-15/h3-5,7H,1-2H3,(H2,11,13)(H,12,16). The van der Waals surface area contributed by atoms with Crippen molar-refractivity contribution in [3.05, 3.63) is 24.0 Å². The Kier molecular flexibility index (Phi) is 2.82. The Labute approximate surface area is 97.6 Å². The van der Waals surface area contributed by atoms with Gasteiger partial charge in [-0.3, -0.25) is 14.8 Å². The summed E-state index contributed by atoms with van der Waals surface area (Å²) < 4.78 is 6.37. The maximum Gasteiger partial charge on any atom is 0.251 e. The van der Waals surface area contributed by atoms with E-state index in [0.717, 1.165) is 0 Å². The third-order valence-corrected chi connectivity index (χ3v) is 2.28. The van der Waals surface area contributed by atoms with Crippen LogP contribution in [0.25, 0.3) is 0 Å². The van der Waals surface area contributed by atoms with E-state index in [1.54, 1.807) is 32.2 Å². The first-order chi connectivity index (χ1) is 8.06. The number of rotatable bonds is 3. The molecule has 2 aromatic heterocycles. The van der Waals surface area contributed by atoms with E-state index in [1.165, 1.54) is 4.68 Å². The third-order valence-electron chi connectivity index (χ3n) is 2.28. The van der Waals surface area contributed by atoms with Crippen LogP contribution in [0.4, 0.5) is 11.7 Å². The van der Waals surface area contributed by atoms with Crippen LogP contribution >= 0.6 is 0 Å². The van der Waals surface area contributed by atoms with Crippen LogP contribution in [0.5, 0.6) is 0 Å². The molecule has 0 bridgehead atoms. The van der Waals surface area contributed by atoms with Crippen LogP contribution in [0.3, 0.4) is 0 Å². The van der Waals surface area contributed by atoms with Gasteiger partial charge in [-0.25, -0.2) is 0 Å². The smallest absolute Gasteiger partial charge is 0.251 e. The van der Waals surface area contributed by atoms with Crippen molar-refractivity contribution in [2.75, 3.05) is 11.1 Å². The second-order valence-electron chi connectivity index (χ2n) is 3.72. The summed E-state index contributed by atoms with van der Waals surface area (Å²) in [7, 11) is 0. The normalized spacial score (nSPS) is 12.4. The molecule has 17 heavy (non-hydrogen) atoms. The van der Waals surface area contributed by atoms with Gasteiger partial charge in [-0.2, -0.15) is 5.10 Å². The van der Waals surface area contributed by atoms with Gasteiger partial charge >= 0.3 is 0 Å². The number of nitrogen functional groups attached to an aromatic ring is 1. The Balaban J connectivity index is 2.05. The Morgan fingerprint density at radius 1 is 1.65 bits per heavy atom. The number of anilines is 2. The summed E-state index contributed by atoms with van der Waals surface area (Å²) in [6, 6.07) is 2.79. The number of nitrogens with one attached hydrogen (secondary N) is 1. The summed E-state index contributed by atoms with van der Waals surface area (Å²) in [5, 5.41) is 10.2. The van der Waals surface area contributed by atoms with E-state index >= 15 is 0 Å². The van der Waals surface area contributed by atoms with Crippen LogP contribution in [0.1, 0.15) is 18.7 Å². The molecule has 7 nitrogen and oxygen atoms in total. The van der Waals surface area contributed by atoms with E-state index in [4.69, 9.17) is 10.3 Å². The van der Waals surface area contributed by atoms with E-state index in [9.17, 15) is 4.79 Å². The fraction of sp³-hybridized carbons (Fsp3) is 0.300. The maximum atomic E-state index is 11.8. The molecule has 2 heterocycles. The van der Waals surface area contributed by atoms with Gasteiger partial charge in [0.25, 0.3) is 5.91 Å². The van der Waals surface area contributed by atoms with Gasteiger partial charge in [0.2, 0.25) is 5.88 Å². The predicted molar refractivity (Wildman–Crippen MR) is 61.2 cm³/mol. The molecule has 0 saturated heterocycles. The highest BCUT2D eigenvalue weighted by Gasteiger charge is 2.17. The largest absolute Gasteiger partial charge is 0.382 e. The number of hydrogen-bond acceptors (Lipinski definition) is 5. The van der Waals surface area contributed by atoms with Crippen LogP contribution in [0, 0.1) is 6.92 Å². The minimum atomic E-state index is -0.474. The highest BCUT2D eigenvalue weighted by atomic mass is 16.5. The number of hydrogen-bond donors (Lipinski definition) is 2. The van der Waals surface area contributed by atoms with E-state index < -0.39 is 6.04 Å². The number of nitrogens with zero attached hydrogens (tertiary/aromatic N) is 3. The van der Waals surface area contributed by atoms with Crippen molar-refractivity contribution in [2.45, 2.75) is 19.9 Å². The lowest BCUT2D eigenvalue weighted by molar-refractivity contribution is -0.119. The molecule has 0 aliphatic rings. The van der Waals surface area contributed by atoms with Gasteiger partial charge in [0.1, 0.15) is 11.9 Å². The van der Waals surface area contributed by atoms with Gasteiger partial charge in [-0.05, 0) is 19.9 Å².